The SMILES string of the molecule is C[C@@H]1CN(C(=O)c2csc(-c3ccc(Cl)cc3)n2)CC(C(=O)O)O1. The van der Waals surface area contributed by atoms with Crippen molar-refractivity contribution in [2.75, 3.05) is 13.1 Å². The molecule has 2 aromatic rings. The monoisotopic (exact) mass is 366 g/mol. The number of carboxylic acid groups (broad SMARTS) is 1. The lowest BCUT2D eigenvalue weighted by Crippen LogP contribution is -2.51. The topological polar surface area (TPSA) is 79.7 Å². The van der Waals surface area contributed by atoms with Gasteiger partial charge in [-0.25, -0.2) is 9.78 Å². The number of morpholine rings is 1. The van der Waals surface area contributed by atoms with E-state index in [9.17, 15) is 9.59 Å². The van der Waals surface area contributed by atoms with Crippen molar-refractivity contribution in [2.45, 2.75) is 19.1 Å². The zero-order chi connectivity index (χ0) is 17.3. The van der Waals surface area contributed by atoms with E-state index in [0.717, 1.165) is 5.56 Å². The first-order chi connectivity index (χ1) is 11.4. The van der Waals surface area contributed by atoms with E-state index in [1.54, 1.807) is 24.4 Å². The van der Waals surface area contributed by atoms with Crippen LogP contribution in [0, 0.1) is 0 Å². The standard InChI is InChI=1S/C16H15ClN2O4S/c1-9-6-19(7-13(23-9)16(21)22)15(20)12-8-24-14(18-12)10-2-4-11(17)5-3-10/h2-5,8-9,13H,6-7H2,1H3,(H,21,22)/t9-,13?/m1/s1. The maximum absolute atomic E-state index is 12.6. The van der Waals surface area contributed by atoms with E-state index < -0.39 is 12.1 Å². The van der Waals surface area contributed by atoms with Gasteiger partial charge in [0.15, 0.2) is 6.10 Å². The zero-order valence-corrected chi connectivity index (χ0v) is 14.4. The molecule has 0 radical (unpaired) electrons. The van der Waals surface area contributed by atoms with Crippen LogP contribution in [0.25, 0.3) is 10.6 Å². The fourth-order valence-electron chi connectivity index (χ4n) is 2.51. The third-order valence-electron chi connectivity index (χ3n) is 3.64. The predicted molar refractivity (Wildman–Crippen MR) is 90.4 cm³/mol. The Labute approximate surface area is 147 Å². The Morgan fingerprint density at radius 3 is 2.71 bits per heavy atom. The van der Waals surface area contributed by atoms with Crippen LogP contribution < -0.4 is 0 Å². The smallest absolute Gasteiger partial charge is 0.334 e. The molecule has 1 unspecified atom stereocenters. The Morgan fingerprint density at radius 1 is 1.33 bits per heavy atom. The minimum absolute atomic E-state index is 0.0202. The molecule has 1 aliphatic heterocycles. The summed E-state index contributed by atoms with van der Waals surface area (Å²) in [7, 11) is 0. The van der Waals surface area contributed by atoms with E-state index >= 15 is 0 Å². The van der Waals surface area contributed by atoms with E-state index in [1.807, 2.05) is 12.1 Å². The maximum atomic E-state index is 12.6. The number of amides is 1. The first-order valence-corrected chi connectivity index (χ1v) is 8.59. The van der Waals surface area contributed by atoms with Crippen LogP contribution >= 0.6 is 22.9 Å². The van der Waals surface area contributed by atoms with Crippen molar-refractivity contribution in [3.05, 3.63) is 40.4 Å². The zero-order valence-electron chi connectivity index (χ0n) is 12.8. The molecule has 1 aromatic carbocycles. The molecule has 1 saturated heterocycles. The second-order valence-electron chi connectivity index (χ2n) is 5.53. The van der Waals surface area contributed by atoms with Gasteiger partial charge in [-0.05, 0) is 19.1 Å². The number of carboxylic acids is 1. The summed E-state index contributed by atoms with van der Waals surface area (Å²) in [5.74, 6) is -1.35. The molecule has 1 amide bonds. The lowest BCUT2D eigenvalue weighted by molar-refractivity contribution is -0.160. The molecule has 3 rings (SSSR count). The average molecular weight is 367 g/mol. The van der Waals surface area contributed by atoms with Gasteiger partial charge >= 0.3 is 5.97 Å². The number of benzene rings is 1. The molecule has 1 aliphatic rings. The Morgan fingerprint density at radius 2 is 2.04 bits per heavy atom. The summed E-state index contributed by atoms with van der Waals surface area (Å²) < 4.78 is 5.33. The molecule has 0 saturated carbocycles. The molecule has 24 heavy (non-hydrogen) atoms. The van der Waals surface area contributed by atoms with Gasteiger partial charge in [-0.1, -0.05) is 23.7 Å². The van der Waals surface area contributed by atoms with E-state index in [4.69, 9.17) is 21.4 Å². The van der Waals surface area contributed by atoms with Crippen LogP contribution in [0.15, 0.2) is 29.6 Å². The van der Waals surface area contributed by atoms with Gasteiger partial charge in [0, 0.05) is 22.5 Å². The summed E-state index contributed by atoms with van der Waals surface area (Å²) >= 11 is 7.23. The summed E-state index contributed by atoms with van der Waals surface area (Å²) in [6.45, 7) is 2.11. The van der Waals surface area contributed by atoms with E-state index in [2.05, 4.69) is 4.98 Å². The van der Waals surface area contributed by atoms with Crippen molar-refractivity contribution in [1.82, 2.24) is 9.88 Å². The maximum Gasteiger partial charge on any atom is 0.334 e. The molecule has 0 bridgehead atoms. The van der Waals surface area contributed by atoms with Crippen molar-refractivity contribution < 1.29 is 19.4 Å². The number of thiazole rings is 1. The van der Waals surface area contributed by atoms with Crippen molar-refractivity contribution in [3.63, 3.8) is 0 Å². The Balaban J connectivity index is 1.78. The van der Waals surface area contributed by atoms with Crippen molar-refractivity contribution in [1.29, 1.82) is 0 Å². The molecule has 0 spiro atoms. The molecular weight excluding hydrogens is 352 g/mol. The molecule has 8 heteroatoms. The molecule has 126 valence electrons. The molecule has 2 heterocycles. The highest BCUT2D eigenvalue weighted by Crippen LogP contribution is 2.26. The summed E-state index contributed by atoms with van der Waals surface area (Å²) in [5, 5.41) is 12.1. The van der Waals surface area contributed by atoms with Crippen LogP contribution in [0.3, 0.4) is 0 Å². The number of hydrogen-bond acceptors (Lipinski definition) is 5. The largest absolute Gasteiger partial charge is 0.479 e. The third-order valence-corrected chi connectivity index (χ3v) is 4.78. The fourth-order valence-corrected chi connectivity index (χ4v) is 3.44. The number of aromatic nitrogens is 1. The molecule has 6 nitrogen and oxygen atoms in total. The van der Waals surface area contributed by atoms with Gasteiger partial charge in [0.25, 0.3) is 5.91 Å². The molecular formula is C16H15ClN2O4S. The Kier molecular flexibility index (Phi) is 4.84. The van der Waals surface area contributed by atoms with Gasteiger partial charge in [-0.15, -0.1) is 11.3 Å². The van der Waals surface area contributed by atoms with Gasteiger partial charge in [0.05, 0.1) is 12.6 Å². The van der Waals surface area contributed by atoms with E-state index in [-0.39, 0.29) is 18.6 Å². The lowest BCUT2D eigenvalue weighted by atomic mass is 10.2. The predicted octanol–water partition coefficient (Wildman–Crippen LogP) is 2.78. The van der Waals surface area contributed by atoms with Crippen molar-refractivity contribution in [3.8, 4) is 10.6 Å². The fraction of sp³-hybridized carbons (Fsp3) is 0.312. The number of ether oxygens (including phenoxy) is 1. The highest BCUT2D eigenvalue weighted by molar-refractivity contribution is 7.13. The van der Waals surface area contributed by atoms with Gasteiger partial charge < -0.3 is 14.7 Å². The summed E-state index contributed by atoms with van der Waals surface area (Å²) in [6, 6.07) is 7.21. The second kappa shape index (κ2) is 6.88. The highest BCUT2D eigenvalue weighted by Gasteiger charge is 2.33. The van der Waals surface area contributed by atoms with Gasteiger partial charge in [-0.2, -0.15) is 0 Å². The van der Waals surface area contributed by atoms with Gasteiger partial charge in [0.1, 0.15) is 10.7 Å². The average Bonchev–Trinajstić information content (AvgIpc) is 3.04. The van der Waals surface area contributed by atoms with Crippen molar-refractivity contribution >= 4 is 34.8 Å². The van der Waals surface area contributed by atoms with Crippen LogP contribution in [0.1, 0.15) is 17.4 Å². The number of carbonyl (C=O) groups excluding carboxylic acids is 1. The van der Waals surface area contributed by atoms with Crippen LogP contribution in [0.5, 0.6) is 0 Å². The number of nitrogens with zero attached hydrogens (tertiary/aromatic N) is 2. The Bertz CT molecular complexity index is 762. The minimum Gasteiger partial charge on any atom is -0.479 e. The summed E-state index contributed by atoms with van der Waals surface area (Å²) in [5.41, 5.74) is 1.19. The van der Waals surface area contributed by atoms with Crippen LogP contribution in [-0.4, -0.2) is 52.2 Å². The molecule has 0 aliphatic carbocycles. The van der Waals surface area contributed by atoms with Crippen LogP contribution in [-0.2, 0) is 9.53 Å². The molecule has 1 N–H and O–H groups in total. The first-order valence-electron chi connectivity index (χ1n) is 7.33. The number of halogens is 1. The minimum atomic E-state index is -1.07. The van der Waals surface area contributed by atoms with E-state index in [0.29, 0.717) is 22.3 Å². The summed E-state index contributed by atoms with van der Waals surface area (Å²) in [6.07, 6.45) is -1.34. The molecule has 1 aromatic heterocycles. The van der Waals surface area contributed by atoms with Gasteiger partial charge in [0.2, 0.25) is 0 Å². The second-order valence-corrected chi connectivity index (χ2v) is 6.82. The summed E-state index contributed by atoms with van der Waals surface area (Å²) in [4.78, 5) is 29.6. The first kappa shape index (κ1) is 16.9. The number of aliphatic carboxylic acids is 1. The van der Waals surface area contributed by atoms with Crippen LogP contribution in [0.4, 0.5) is 0 Å². The lowest BCUT2D eigenvalue weighted by Gasteiger charge is -2.34. The van der Waals surface area contributed by atoms with Crippen LogP contribution in [0.2, 0.25) is 5.02 Å². The van der Waals surface area contributed by atoms with E-state index in [1.165, 1.54) is 16.2 Å². The number of hydrogen-bond donors (Lipinski definition) is 1. The number of carbonyl (C=O) groups is 2. The molecule has 1 fully saturated rings. The normalized spacial score (nSPS) is 20.8. The quantitative estimate of drug-likeness (QED) is 0.903. The Hall–Kier alpha value is -1.96. The number of rotatable bonds is 3. The van der Waals surface area contributed by atoms with Crippen molar-refractivity contribution in [2.24, 2.45) is 0 Å². The highest BCUT2D eigenvalue weighted by atomic mass is 35.5. The molecule has 2 atom stereocenters. The third kappa shape index (κ3) is 3.58. The van der Waals surface area contributed by atoms with Gasteiger partial charge in [-0.3, -0.25) is 4.79 Å².